The van der Waals surface area contributed by atoms with Gasteiger partial charge in [0, 0.05) is 29.1 Å². The number of rotatable bonds is 0. The summed E-state index contributed by atoms with van der Waals surface area (Å²) in [5.41, 5.74) is 8.98. The lowest BCUT2D eigenvalue weighted by atomic mass is 10.0. The number of halogens is 2. The predicted octanol–water partition coefficient (Wildman–Crippen LogP) is 2.68. The second-order valence-electron chi connectivity index (χ2n) is 4.04. The summed E-state index contributed by atoms with van der Waals surface area (Å²) in [5.74, 6) is -0.474. The highest BCUT2D eigenvalue weighted by Crippen LogP contribution is 2.31. The molecule has 2 aromatic rings. The number of anilines is 1. The van der Waals surface area contributed by atoms with Crippen LogP contribution in [-0.2, 0) is 17.8 Å². The van der Waals surface area contributed by atoms with Gasteiger partial charge in [-0.2, -0.15) is 0 Å². The SMILES string of the molecule is Nc1c2c(nc3cc(F)c(Cl)cc13)CCOC2. The largest absolute Gasteiger partial charge is 0.398 e. The molecule has 0 saturated carbocycles. The first-order valence-electron chi connectivity index (χ1n) is 5.30. The van der Waals surface area contributed by atoms with Crippen LogP contribution in [0.5, 0.6) is 0 Å². The maximum atomic E-state index is 13.4. The van der Waals surface area contributed by atoms with Crippen molar-refractivity contribution in [2.45, 2.75) is 13.0 Å². The number of hydrogen-bond acceptors (Lipinski definition) is 3. The maximum Gasteiger partial charge on any atom is 0.143 e. The molecule has 1 aliphatic rings. The number of nitrogens with two attached hydrogens (primary N) is 1. The van der Waals surface area contributed by atoms with E-state index in [4.69, 9.17) is 22.1 Å². The molecule has 3 nitrogen and oxygen atoms in total. The van der Waals surface area contributed by atoms with Crippen molar-refractivity contribution in [3.63, 3.8) is 0 Å². The fraction of sp³-hybridized carbons (Fsp3) is 0.250. The zero-order valence-corrected chi connectivity index (χ0v) is 9.72. The van der Waals surface area contributed by atoms with Crippen LogP contribution in [0, 0.1) is 5.82 Å². The Morgan fingerprint density at radius 1 is 1.41 bits per heavy atom. The van der Waals surface area contributed by atoms with Crippen molar-refractivity contribution in [2.75, 3.05) is 12.3 Å². The van der Waals surface area contributed by atoms with Crippen molar-refractivity contribution in [3.05, 3.63) is 34.2 Å². The molecule has 2 N–H and O–H groups in total. The van der Waals surface area contributed by atoms with Gasteiger partial charge in [-0.1, -0.05) is 11.6 Å². The summed E-state index contributed by atoms with van der Waals surface area (Å²) >= 11 is 5.75. The molecule has 88 valence electrons. The Morgan fingerprint density at radius 2 is 2.24 bits per heavy atom. The Labute approximate surface area is 102 Å². The minimum atomic E-state index is -0.474. The van der Waals surface area contributed by atoms with Gasteiger partial charge in [-0.15, -0.1) is 0 Å². The molecule has 0 radical (unpaired) electrons. The first-order valence-corrected chi connectivity index (χ1v) is 5.68. The number of hydrogen-bond donors (Lipinski definition) is 1. The van der Waals surface area contributed by atoms with Gasteiger partial charge in [0.2, 0.25) is 0 Å². The van der Waals surface area contributed by atoms with Gasteiger partial charge < -0.3 is 10.5 Å². The lowest BCUT2D eigenvalue weighted by Crippen LogP contribution is -2.14. The third kappa shape index (κ3) is 1.64. The summed E-state index contributed by atoms with van der Waals surface area (Å²) in [6.45, 7) is 1.08. The lowest BCUT2D eigenvalue weighted by molar-refractivity contribution is 0.110. The van der Waals surface area contributed by atoms with Crippen LogP contribution in [0.15, 0.2) is 12.1 Å². The Hall–Kier alpha value is -1.39. The molecule has 0 unspecified atom stereocenters. The summed E-state index contributed by atoms with van der Waals surface area (Å²) in [6.07, 6.45) is 0.708. The van der Waals surface area contributed by atoms with E-state index in [-0.39, 0.29) is 5.02 Å². The Kier molecular flexibility index (Phi) is 2.42. The summed E-state index contributed by atoms with van der Waals surface area (Å²) in [5, 5.41) is 0.739. The van der Waals surface area contributed by atoms with Gasteiger partial charge in [0.15, 0.2) is 0 Å². The lowest BCUT2D eigenvalue weighted by Gasteiger charge is -2.19. The average molecular weight is 253 g/mol. The molecule has 0 saturated heterocycles. The molecule has 0 fully saturated rings. The topological polar surface area (TPSA) is 48.1 Å². The molecule has 0 amide bonds. The van der Waals surface area contributed by atoms with E-state index in [2.05, 4.69) is 4.98 Å². The number of nitrogen functional groups attached to an aromatic ring is 1. The van der Waals surface area contributed by atoms with E-state index < -0.39 is 5.82 Å². The van der Waals surface area contributed by atoms with Crippen molar-refractivity contribution in [1.82, 2.24) is 4.98 Å². The molecular weight excluding hydrogens is 243 g/mol. The van der Waals surface area contributed by atoms with E-state index in [0.717, 1.165) is 11.3 Å². The van der Waals surface area contributed by atoms with Crippen LogP contribution >= 0.6 is 11.6 Å². The monoisotopic (exact) mass is 252 g/mol. The molecule has 1 aromatic carbocycles. The van der Waals surface area contributed by atoms with Gasteiger partial charge >= 0.3 is 0 Å². The van der Waals surface area contributed by atoms with Gasteiger partial charge in [-0.25, -0.2) is 4.39 Å². The van der Waals surface area contributed by atoms with Crippen LogP contribution in [0.2, 0.25) is 5.02 Å². The highest BCUT2D eigenvalue weighted by molar-refractivity contribution is 6.31. The Morgan fingerprint density at radius 3 is 3.06 bits per heavy atom. The molecule has 0 atom stereocenters. The van der Waals surface area contributed by atoms with E-state index in [1.165, 1.54) is 12.1 Å². The quantitative estimate of drug-likeness (QED) is 0.784. The van der Waals surface area contributed by atoms with Crippen LogP contribution in [0.25, 0.3) is 10.9 Å². The van der Waals surface area contributed by atoms with Crippen LogP contribution in [0.3, 0.4) is 0 Å². The summed E-state index contributed by atoms with van der Waals surface area (Å²) in [4.78, 5) is 4.42. The van der Waals surface area contributed by atoms with Gasteiger partial charge in [0.25, 0.3) is 0 Å². The standard InChI is InChI=1S/C12H10ClFN2O/c13-8-3-6-11(4-9(8)14)16-10-1-2-17-5-7(10)12(6)15/h3-4H,1-2,5H2,(H2,15,16). The van der Waals surface area contributed by atoms with E-state index >= 15 is 0 Å². The summed E-state index contributed by atoms with van der Waals surface area (Å²) in [6, 6.07) is 2.84. The normalized spacial score (nSPS) is 14.9. The number of benzene rings is 1. The molecule has 0 spiro atoms. The molecule has 5 heteroatoms. The highest BCUT2D eigenvalue weighted by atomic mass is 35.5. The molecule has 0 bridgehead atoms. The van der Waals surface area contributed by atoms with Crippen molar-refractivity contribution in [1.29, 1.82) is 0 Å². The Bertz CT molecular complexity index is 615. The van der Waals surface area contributed by atoms with Crippen LogP contribution in [-0.4, -0.2) is 11.6 Å². The van der Waals surface area contributed by atoms with Gasteiger partial charge in [0.05, 0.1) is 29.4 Å². The smallest absolute Gasteiger partial charge is 0.143 e. The first-order chi connectivity index (χ1) is 8.16. The van der Waals surface area contributed by atoms with Crippen molar-refractivity contribution < 1.29 is 9.13 Å². The Balaban J connectivity index is 2.36. The van der Waals surface area contributed by atoms with Crippen molar-refractivity contribution >= 4 is 28.2 Å². The number of nitrogens with zero attached hydrogens (tertiary/aromatic N) is 1. The first kappa shape index (κ1) is 10.7. The molecule has 0 aliphatic carbocycles. The summed E-state index contributed by atoms with van der Waals surface area (Å²) in [7, 11) is 0. The van der Waals surface area contributed by atoms with Crippen molar-refractivity contribution in [2.24, 2.45) is 0 Å². The fourth-order valence-electron chi connectivity index (χ4n) is 2.09. The van der Waals surface area contributed by atoms with Crippen LogP contribution < -0.4 is 5.73 Å². The van der Waals surface area contributed by atoms with Crippen LogP contribution in [0.1, 0.15) is 11.3 Å². The van der Waals surface area contributed by atoms with E-state index in [9.17, 15) is 4.39 Å². The number of aromatic nitrogens is 1. The molecule has 1 aromatic heterocycles. The zero-order valence-electron chi connectivity index (χ0n) is 8.96. The highest BCUT2D eigenvalue weighted by Gasteiger charge is 2.17. The predicted molar refractivity (Wildman–Crippen MR) is 64.5 cm³/mol. The molecule has 2 heterocycles. The minimum Gasteiger partial charge on any atom is -0.398 e. The minimum absolute atomic E-state index is 0.0580. The number of ether oxygens (including phenoxy) is 1. The van der Waals surface area contributed by atoms with Gasteiger partial charge in [0.1, 0.15) is 5.82 Å². The van der Waals surface area contributed by atoms with Crippen LogP contribution in [0.4, 0.5) is 10.1 Å². The number of pyridine rings is 1. The van der Waals surface area contributed by atoms with Gasteiger partial charge in [-0.3, -0.25) is 4.98 Å². The van der Waals surface area contributed by atoms with E-state index in [1.54, 1.807) is 0 Å². The maximum absolute atomic E-state index is 13.4. The second kappa shape index (κ2) is 3.82. The molecule has 17 heavy (non-hydrogen) atoms. The van der Waals surface area contributed by atoms with Gasteiger partial charge in [-0.05, 0) is 6.07 Å². The second-order valence-corrected chi connectivity index (χ2v) is 4.44. The zero-order chi connectivity index (χ0) is 12.0. The third-order valence-electron chi connectivity index (χ3n) is 2.99. The molecular formula is C12H10ClFN2O. The number of fused-ring (bicyclic) bond motifs is 2. The van der Waals surface area contributed by atoms with E-state index in [0.29, 0.717) is 36.2 Å². The molecule has 1 aliphatic heterocycles. The summed E-state index contributed by atoms with van der Waals surface area (Å²) < 4.78 is 18.7. The van der Waals surface area contributed by atoms with E-state index in [1.807, 2.05) is 0 Å². The average Bonchev–Trinajstić information content (AvgIpc) is 2.32. The van der Waals surface area contributed by atoms with Crippen molar-refractivity contribution in [3.8, 4) is 0 Å². The molecule has 3 rings (SSSR count). The fourth-order valence-corrected chi connectivity index (χ4v) is 2.25. The third-order valence-corrected chi connectivity index (χ3v) is 3.28.